The van der Waals surface area contributed by atoms with Crippen molar-refractivity contribution in [3.05, 3.63) is 46.6 Å². The summed E-state index contributed by atoms with van der Waals surface area (Å²) in [5.74, 6) is 0.0401. The standard InChI is InChI=1S/C21H27N3O3S/c1-5-24(17(16-10-11-16)12-15-8-6-13(2)7-9-15)21(26)22-19-18(20(25)27-4)14(3)23-28-19/h6-9,16-17H,5,10-12H2,1-4H3,(H,22,26)/t17-/m0/s1. The van der Waals surface area contributed by atoms with Gasteiger partial charge in [-0.2, -0.15) is 4.37 Å². The first-order valence-electron chi connectivity index (χ1n) is 9.62. The Labute approximate surface area is 170 Å². The van der Waals surface area contributed by atoms with Crippen molar-refractivity contribution in [2.75, 3.05) is 19.0 Å². The van der Waals surface area contributed by atoms with Gasteiger partial charge in [-0.25, -0.2) is 9.59 Å². The van der Waals surface area contributed by atoms with Crippen LogP contribution in [0.25, 0.3) is 0 Å². The number of aryl methyl sites for hydroxylation is 2. The van der Waals surface area contributed by atoms with Gasteiger partial charge in [0.15, 0.2) is 0 Å². The number of aromatic nitrogens is 1. The fraction of sp³-hybridized carbons (Fsp3) is 0.476. The van der Waals surface area contributed by atoms with Crippen molar-refractivity contribution < 1.29 is 14.3 Å². The van der Waals surface area contributed by atoms with Crippen LogP contribution in [0.1, 0.15) is 46.9 Å². The molecule has 1 aromatic carbocycles. The van der Waals surface area contributed by atoms with Crippen molar-refractivity contribution in [3.8, 4) is 0 Å². The molecule has 7 heteroatoms. The lowest BCUT2D eigenvalue weighted by molar-refractivity contribution is 0.0601. The zero-order valence-corrected chi connectivity index (χ0v) is 17.6. The van der Waals surface area contributed by atoms with Gasteiger partial charge < -0.3 is 9.64 Å². The van der Waals surface area contributed by atoms with Gasteiger partial charge in [-0.1, -0.05) is 29.8 Å². The molecule has 28 heavy (non-hydrogen) atoms. The van der Waals surface area contributed by atoms with Crippen molar-refractivity contribution in [3.63, 3.8) is 0 Å². The molecule has 1 aromatic heterocycles. The first kappa shape index (κ1) is 20.3. The van der Waals surface area contributed by atoms with E-state index in [4.69, 9.17) is 4.74 Å². The van der Waals surface area contributed by atoms with E-state index in [1.165, 1.54) is 18.2 Å². The van der Waals surface area contributed by atoms with Gasteiger partial charge in [-0.05, 0) is 63.0 Å². The first-order chi connectivity index (χ1) is 13.4. The molecule has 1 aliphatic rings. The minimum Gasteiger partial charge on any atom is -0.465 e. The highest BCUT2D eigenvalue weighted by Crippen LogP contribution is 2.37. The van der Waals surface area contributed by atoms with Crippen LogP contribution in [-0.2, 0) is 11.2 Å². The second kappa shape index (κ2) is 8.73. The molecule has 0 aliphatic heterocycles. The average Bonchev–Trinajstić information content (AvgIpc) is 3.46. The highest BCUT2D eigenvalue weighted by molar-refractivity contribution is 7.11. The average molecular weight is 402 g/mol. The Morgan fingerprint density at radius 3 is 2.54 bits per heavy atom. The number of carbonyl (C=O) groups excluding carboxylic acids is 2. The maximum absolute atomic E-state index is 13.1. The number of hydrogen-bond acceptors (Lipinski definition) is 5. The van der Waals surface area contributed by atoms with E-state index in [9.17, 15) is 9.59 Å². The summed E-state index contributed by atoms with van der Waals surface area (Å²) in [7, 11) is 1.33. The summed E-state index contributed by atoms with van der Waals surface area (Å²) in [6.45, 7) is 6.40. The number of hydrogen-bond donors (Lipinski definition) is 1. The SMILES string of the molecule is CCN(C(=O)Nc1snc(C)c1C(=O)OC)[C@@H](Cc1ccc(C)cc1)C1CC1. The van der Waals surface area contributed by atoms with E-state index >= 15 is 0 Å². The third-order valence-electron chi connectivity index (χ3n) is 5.21. The van der Waals surface area contributed by atoms with E-state index in [1.54, 1.807) is 6.92 Å². The number of benzene rings is 1. The zero-order valence-electron chi connectivity index (χ0n) is 16.8. The van der Waals surface area contributed by atoms with Crippen LogP contribution in [0, 0.1) is 19.8 Å². The number of rotatable bonds is 7. The molecule has 6 nitrogen and oxygen atoms in total. The van der Waals surface area contributed by atoms with Gasteiger partial charge in [-0.3, -0.25) is 5.32 Å². The summed E-state index contributed by atoms with van der Waals surface area (Å²) in [6.07, 6.45) is 3.12. The zero-order chi connectivity index (χ0) is 20.3. The molecule has 1 atom stereocenters. The van der Waals surface area contributed by atoms with Gasteiger partial charge in [-0.15, -0.1) is 0 Å². The Balaban J connectivity index is 1.78. The van der Waals surface area contributed by atoms with Crippen LogP contribution < -0.4 is 5.32 Å². The van der Waals surface area contributed by atoms with Crippen LogP contribution in [0.15, 0.2) is 24.3 Å². The van der Waals surface area contributed by atoms with Crippen LogP contribution in [-0.4, -0.2) is 41.0 Å². The summed E-state index contributed by atoms with van der Waals surface area (Å²) in [5.41, 5.74) is 3.36. The fourth-order valence-electron chi connectivity index (χ4n) is 3.47. The molecule has 0 radical (unpaired) electrons. The van der Waals surface area contributed by atoms with Crippen LogP contribution in [0.5, 0.6) is 0 Å². The van der Waals surface area contributed by atoms with E-state index in [-0.39, 0.29) is 12.1 Å². The van der Waals surface area contributed by atoms with Crippen molar-refractivity contribution in [1.29, 1.82) is 0 Å². The van der Waals surface area contributed by atoms with Crippen molar-refractivity contribution in [2.24, 2.45) is 5.92 Å². The smallest absolute Gasteiger partial charge is 0.342 e. The van der Waals surface area contributed by atoms with E-state index in [0.29, 0.717) is 28.7 Å². The topological polar surface area (TPSA) is 71.5 Å². The molecule has 1 fully saturated rings. The number of likely N-dealkylation sites (N-methyl/N-ethyl adjacent to an activating group) is 1. The number of carbonyl (C=O) groups is 2. The lowest BCUT2D eigenvalue weighted by atomic mass is 10.00. The predicted molar refractivity (Wildman–Crippen MR) is 111 cm³/mol. The van der Waals surface area contributed by atoms with Crippen LogP contribution in [0.3, 0.4) is 0 Å². The molecule has 1 N–H and O–H groups in total. The Bertz CT molecular complexity index is 843. The Kier molecular flexibility index (Phi) is 6.34. The molecule has 1 saturated carbocycles. The number of anilines is 1. The Morgan fingerprint density at radius 2 is 1.96 bits per heavy atom. The van der Waals surface area contributed by atoms with E-state index in [1.807, 2.05) is 11.8 Å². The highest BCUT2D eigenvalue weighted by atomic mass is 32.1. The molecule has 0 unspecified atom stereocenters. The normalized spacial score (nSPS) is 14.4. The molecule has 150 valence electrons. The second-order valence-corrected chi connectivity index (χ2v) is 8.05. The van der Waals surface area contributed by atoms with Gasteiger partial charge in [0.25, 0.3) is 0 Å². The largest absolute Gasteiger partial charge is 0.465 e. The van der Waals surface area contributed by atoms with E-state index in [0.717, 1.165) is 30.8 Å². The lowest BCUT2D eigenvalue weighted by Crippen LogP contribution is -2.45. The number of nitrogens with zero attached hydrogens (tertiary/aromatic N) is 2. The number of urea groups is 1. The van der Waals surface area contributed by atoms with E-state index in [2.05, 4.69) is 40.9 Å². The molecule has 1 heterocycles. The minimum absolute atomic E-state index is 0.142. The number of ether oxygens (including phenoxy) is 1. The Hall–Kier alpha value is -2.41. The lowest BCUT2D eigenvalue weighted by Gasteiger charge is -2.31. The fourth-order valence-corrected chi connectivity index (χ4v) is 4.25. The summed E-state index contributed by atoms with van der Waals surface area (Å²) in [5, 5.41) is 3.34. The first-order valence-corrected chi connectivity index (χ1v) is 10.4. The highest BCUT2D eigenvalue weighted by Gasteiger charge is 2.37. The maximum Gasteiger partial charge on any atom is 0.342 e. The molecule has 2 aromatic rings. The molecular weight excluding hydrogens is 374 g/mol. The number of esters is 1. The minimum atomic E-state index is -0.483. The summed E-state index contributed by atoms with van der Waals surface area (Å²) in [4.78, 5) is 27.0. The molecule has 1 aliphatic carbocycles. The van der Waals surface area contributed by atoms with Crippen LogP contribution in [0.2, 0.25) is 0 Å². The molecule has 0 saturated heterocycles. The summed E-state index contributed by atoms with van der Waals surface area (Å²) < 4.78 is 9.03. The second-order valence-electron chi connectivity index (χ2n) is 7.27. The summed E-state index contributed by atoms with van der Waals surface area (Å²) in [6, 6.07) is 8.44. The van der Waals surface area contributed by atoms with Crippen molar-refractivity contribution in [2.45, 2.75) is 46.1 Å². The Morgan fingerprint density at radius 1 is 1.29 bits per heavy atom. The third-order valence-corrected chi connectivity index (χ3v) is 6.06. The van der Waals surface area contributed by atoms with Gasteiger partial charge >= 0.3 is 12.0 Å². The van der Waals surface area contributed by atoms with Crippen molar-refractivity contribution in [1.82, 2.24) is 9.27 Å². The molecule has 0 bridgehead atoms. The van der Waals surface area contributed by atoms with Crippen LogP contribution in [0.4, 0.5) is 9.80 Å². The number of methoxy groups -OCH3 is 1. The monoisotopic (exact) mass is 401 g/mol. The molecule has 2 amide bonds. The van der Waals surface area contributed by atoms with Gasteiger partial charge in [0.2, 0.25) is 0 Å². The third kappa shape index (κ3) is 4.52. The van der Waals surface area contributed by atoms with Gasteiger partial charge in [0.1, 0.15) is 10.6 Å². The molecule has 0 spiro atoms. The van der Waals surface area contributed by atoms with Crippen LogP contribution >= 0.6 is 11.5 Å². The number of amides is 2. The van der Waals surface area contributed by atoms with E-state index < -0.39 is 5.97 Å². The van der Waals surface area contributed by atoms with Gasteiger partial charge in [0, 0.05) is 12.6 Å². The summed E-state index contributed by atoms with van der Waals surface area (Å²) >= 11 is 1.11. The van der Waals surface area contributed by atoms with Gasteiger partial charge in [0.05, 0.1) is 12.8 Å². The molecule has 3 rings (SSSR count). The van der Waals surface area contributed by atoms with Crippen molar-refractivity contribution >= 4 is 28.5 Å². The maximum atomic E-state index is 13.1. The quantitative estimate of drug-likeness (QED) is 0.697. The predicted octanol–water partition coefficient (Wildman–Crippen LogP) is 4.42. The molecular formula is C21H27N3O3S. The number of nitrogens with one attached hydrogen (secondary N) is 1.